The number of hydrogen-bond acceptors (Lipinski definition) is 5. The normalized spacial score (nSPS) is 10.8. The maximum absolute atomic E-state index is 11.9. The Morgan fingerprint density at radius 3 is 2.79 bits per heavy atom. The second kappa shape index (κ2) is 6.57. The van der Waals surface area contributed by atoms with Crippen molar-refractivity contribution in [1.29, 1.82) is 0 Å². The minimum Gasteiger partial charge on any atom is -0.466 e. The van der Waals surface area contributed by atoms with Crippen LogP contribution in [-0.2, 0) is 4.79 Å². The van der Waals surface area contributed by atoms with E-state index in [1.807, 2.05) is 38.1 Å². The smallest absolute Gasteiger partial charge is 0.336 e. The number of furan rings is 1. The number of ether oxygens (including phenoxy) is 1. The predicted octanol–water partition coefficient (Wildman–Crippen LogP) is 3.13. The van der Waals surface area contributed by atoms with Crippen LogP contribution in [0.25, 0.3) is 17.3 Å². The fourth-order valence-electron chi connectivity index (χ4n) is 2.13. The summed E-state index contributed by atoms with van der Waals surface area (Å²) >= 11 is 0. The Hall–Kier alpha value is -3.09. The van der Waals surface area contributed by atoms with Gasteiger partial charge < -0.3 is 14.5 Å². The standard InChI is InChI=1S/C17H18N4O3/c1-11(2)16(22)18-12-6-4-7-13(10-12)21-15(14-8-5-9-24-14)19-17(20-21)23-3/h4-11H,1-3H3,(H,18,22). The van der Waals surface area contributed by atoms with Crippen molar-refractivity contribution in [2.75, 3.05) is 12.4 Å². The SMILES string of the molecule is COc1nc(-c2ccco2)n(-c2cccc(NC(=O)C(C)C)c2)n1. The van der Waals surface area contributed by atoms with Crippen molar-refractivity contribution in [3.8, 4) is 23.3 Å². The Balaban J connectivity index is 2.00. The number of nitrogens with zero attached hydrogens (tertiary/aromatic N) is 3. The number of carbonyl (C=O) groups is 1. The van der Waals surface area contributed by atoms with Gasteiger partial charge in [-0.2, -0.15) is 4.98 Å². The van der Waals surface area contributed by atoms with Crippen molar-refractivity contribution in [3.63, 3.8) is 0 Å². The van der Waals surface area contributed by atoms with Gasteiger partial charge in [0, 0.05) is 11.6 Å². The first-order valence-electron chi connectivity index (χ1n) is 7.54. The average molecular weight is 326 g/mol. The molecule has 0 spiro atoms. The molecule has 7 nitrogen and oxygen atoms in total. The highest BCUT2D eigenvalue weighted by atomic mass is 16.5. The van der Waals surface area contributed by atoms with Gasteiger partial charge >= 0.3 is 6.01 Å². The van der Waals surface area contributed by atoms with Gasteiger partial charge in [0.25, 0.3) is 0 Å². The molecule has 0 aliphatic carbocycles. The number of carbonyl (C=O) groups excluding carboxylic acids is 1. The molecule has 0 radical (unpaired) electrons. The number of aromatic nitrogens is 3. The lowest BCUT2D eigenvalue weighted by molar-refractivity contribution is -0.118. The van der Waals surface area contributed by atoms with Crippen LogP contribution in [0.2, 0.25) is 0 Å². The third-order valence-corrected chi connectivity index (χ3v) is 3.39. The molecular weight excluding hydrogens is 308 g/mol. The molecule has 1 amide bonds. The third-order valence-electron chi connectivity index (χ3n) is 3.39. The second-order valence-corrected chi connectivity index (χ2v) is 5.51. The third kappa shape index (κ3) is 3.15. The Bertz CT molecular complexity index is 837. The Kier molecular flexibility index (Phi) is 4.33. The van der Waals surface area contributed by atoms with Crippen LogP contribution in [-0.4, -0.2) is 27.8 Å². The van der Waals surface area contributed by atoms with Crippen molar-refractivity contribution in [3.05, 3.63) is 42.7 Å². The quantitative estimate of drug-likeness (QED) is 0.779. The van der Waals surface area contributed by atoms with E-state index in [4.69, 9.17) is 9.15 Å². The average Bonchev–Trinajstić information content (AvgIpc) is 3.24. The van der Waals surface area contributed by atoms with E-state index in [1.165, 1.54) is 7.11 Å². The zero-order valence-corrected chi connectivity index (χ0v) is 13.7. The molecule has 1 N–H and O–H groups in total. The molecule has 3 rings (SSSR count). The number of methoxy groups -OCH3 is 1. The molecular formula is C17H18N4O3. The number of anilines is 1. The molecule has 124 valence electrons. The first-order chi connectivity index (χ1) is 11.6. The fourth-order valence-corrected chi connectivity index (χ4v) is 2.13. The molecule has 0 aliphatic rings. The highest BCUT2D eigenvalue weighted by Crippen LogP contribution is 2.25. The van der Waals surface area contributed by atoms with Gasteiger partial charge in [-0.3, -0.25) is 4.79 Å². The molecule has 0 bridgehead atoms. The van der Waals surface area contributed by atoms with Crippen LogP contribution < -0.4 is 10.1 Å². The van der Waals surface area contributed by atoms with E-state index in [0.29, 0.717) is 17.3 Å². The molecule has 0 saturated heterocycles. The second-order valence-electron chi connectivity index (χ2n) is 5.51. The van der Waals surface area contributed by atoms with Crippen molar-refractivity contribution in [2.45, 2.75) is 13.8 Å². The zero-order valence-electron chi connectivity index (χ0n) is 13.7. The van der Waals surface area contributed by atoms with Crippen molar-refractivity contribution in [2.24, 2.45) is 5.92 Å². The van der Waals surface area contributed by atoms with Crippen LogP contribution >= 0.6 is 0 Å². The van der Waals surface area contributed by atoms with Gasteiger partial charge in [0.2, 0.25) is 11.7 Å². The summed E-state index contributed by atoms with van der Waals surface area (Å²) in [4.78, 5) is 16.2. The van der Waals surface area contributed by atoms with Crippen LogP contribution in [0.5, 0.6) is 6.01 Å². The summed E-state index contributed by atoms with van der Waals surface area (Å²) in [6.07, 6.45) is 1.57. The highest BCUT2D eigenvalue weighted by molar-refractivity contribution is 5.92. The summed E-state index contributed by atoms with van der Waals surface area (Å²) in [5, 5.41) is 7.19. The van der Waals surface area contributed by atoms with E-state index in [2.05, 4.69) is 15.4 Å². The Morgan fingerprint density at radius 2 is 2.12 bits per heavy atom. The van der Waals surface area contributed by atoms with E-state index in [1.54, 1.807) is 23.1 Å². The lowest BCUT2D eigenvalue weighted by Gasteiger charge is -2.10. The van der Waals surface area contributed by atoms with Crippen molar-refractivity contribution in [1.82, 2.24) is 14.8 Å². The topological polar surface area (TPSA) is 82.2 Å². The molecule has 0 saturated carbocycles. The van der Waals surface area contributed by atoms with Crippen LogP contribution in [0, 0.1) is 5.92 Å². The summed E-state index contributed by atoms with van der Waals surface area (Å²) in [7, 11) is 1.50. The van der Waals surface area contributed by atoms with Gasteiger partial charge in [-0.25, -0.2) is 4.68 Å². The van der Waals surface area contributed by atoms with Gasteiger partial charge in [-0.05, 0) is 30.3 Å². The van der Waals surface area contributed by atoms with E-state index in [9.17, 15) is 4.79 Å². The number of benzene rings is 1. The van der Waals surface area contributed by atoms with Gasteiger partial charge in [0.15, 0.2) is 5.76 Å². The van der Waals surface area contributed by atoms with E-state index in [-0.39, 0.29) is 17.8 Å². The first-order valence-corrected chi connectivity index (χ1v) is 7.54. The monoisotopic (exact) mass is 326 g/mol. The van der Waals surface area contributed by atoms with Crippen molar-refractivity contribution >= 4 is 11.6 Å². The van der Waals surface area contributed by atoms with Crippen LogP contribution in [0.3, 0.4) is 0 Å². The summed E-state index contributed by atoms with van der Waals surface area (Å²) in [5.41, 5.74) is 1.42. The van der Waals surface area contributed by atoms with E-state index < -0.39 is 0 Å². The molecule has 0 aliphatic heterocycles. The Morgan fingerprint density at radius 1 is 1.29 bits per heavy atom. The summed E-state index contributed by atoms with van der Waals surface area (Å²) in [5.74, 6) is 0.944. The number of amides is 1. The minimum absolute atomic E-state index is 0.0467. The molecule has 24 heavy (non-hydrogen) atoms. The number of nitrogens with one attached hydrogen (secondary N) is 1. The van der Waals surface area contributed by atoms with E-state index >= 15 is 0 Å². The molecule has 0 fully saturated rings. The minimum atomic E-state index is -0.0983. The summed E-state index contributed by atoms with van der Waals surface area (Å²) < 4.78 is 12.2. The Labute approximate surface area is 139 Å². The highest BCUT2D eigenvalue weighted by Gasteiger charge is 2.17. The molecule has 2 aromatic heterocycles. The molecule has 0 unspecified atom stereocenters. The zero-order chi connectivity index (χ0) is 17.1. The predicted molar refractivity (Wildman–Crippen MR) is 89.1 cm³/mol. The number of hydrogen-bond donors (Lipinski definition) is 1. The molecule has 7 heteroatoms. The largest absolute Gasteiger partial charge is 0.466 e. The maximum Gasteiger partial charge on any atom is 0.336 e. The van der Waals surface area contributed by atoms with E-state index in [0.717, 1.165) is 5.69 Å². The summed E-state index contributed by atoms with van der Waals surface area (Å²) in [6.45, 7) is 3.69. The van der Waals surface area contributed by atoms with Crippen LogP contribution in [0.1, 0.15) is 13.8 Å². The molecule has 3 aromatic rings. The summed E-state index contributed by atoms with van der Waals surface area (Å²) in [6, 6.07) is 11.2. The lowest BCUT2D eigenvalue weighted by Crippen LogP contribution is -2.17. The number of rotatable bonds is 5. The fraction of sp³-hybridized carbons (Fsp3) is 0.235. The van der Waals surface area contributed by atoms with Gasteiger partial charge in [0.1, 0.15) is 0 Å². The van der Waals surface area contributed by atoms with Crippen LogP contribution in [0.15, 0.2) is 47.1 Å². The molecule has 2 heterocycles. The lowest BCUT2D eigenvalue weighted by atomic mass is 10.2. The van der Waals surface area contributed by atoms with Gasteiger partial charge in [0.05, 0.1) is 19.1 Å². The van der Waals surface area contributed by atoms with Gasteiger partial charge in [-0.1, -0.05) is 19.9 Å². The van der Waals surface area contributed by atoms with Gasteiger partial charge in [-0.15, -0.1) is 5.10 Å². The maximum atomic E-state index is 11.9. The van der Waals surface area contributed by atoms with Crippen molar-refractivity contribution < 1.29 is 13.9 Å². The van der Waals surface area contributed by atoms with Crippen LogP contribution in [0.4, 0.5) is 5.69 Å². The first kappa shape index (κ1) is 15.8. The molecule has 0 atom stereocenters. The molecule has 1 aromatic carbocycles.